The van der Waals surface area contributed by atoms with E-state index in [2.05, 4.69) is 15.5 Å². The van der Waals surface area contributed by atoms with E-state index < -0.39 is 0 Å². The molecule has 3 rings (SSSR count). The van der Waals surface area contributed by atoms with Gasteiger partial charge in [-0.25, -0.2) is 4.79 Å². The molecule has 1 saturated heterocycles. The molecule has 0 bridgehead atoms. The number of rotatable bonds is 4. The third-order valence-corrected chi connectivity index (χ3v) is 5.52. The van der Waals surface area contributed by atoms with Crippen LogP contribution in [-0.2, 0) is 0 Å². The molecule has 1 saturated carbocycles. The van der Waals surface area contributed by atoms with Crippen LogP contribution in [0.25, 0.3) is 0 Å². The lowest BCUT2D eigenvalue weighted by Gasteiger charge is -2.37. The van der Waals surface area contributed by atoms with Crippen molar-refractivity contribution in [2.24, 2.45) is 5.92 Å². The van der Waals surface area contributed by atoms with Crippen LogP contribution in [0.15, 0.2) is 24.3 Å². The molecule has 0 aromatic heterocycles. The molecule has 2 atom stereocenters. The number of piperidine rings is 1. The minimum atomic E-state index is -0.104. The second-order valence-electron chi connectivity index (χ2n) is 7.12. The molecule has 1 aromatic carbocycles. The van der Waals surface area contributed by atoms with Crippen LogP contribution >= 0.6 is 11.6 Å². The van der Waals surface area contributed by atoms with Crippen LogP contribution in [0.5, 0.6) is 0 Å². The van der Waals surface area contributed by atoms with Gasteiger partial charge in [-0.15, -0.1) is 0 Å². The molecule has 2 amide bonds. The van der Waals surface area contributed by atoms with Crippen LogP contribution < -0.4 is 10.6 Å². The summed E-state index contributed by atoms with van der Waals surface area (Å²) in [4.78, 5) is 14.9. The first-order chi connectivity index (χ1) is 11.7. The van der Waals surface area contributed by atoms with Gasteiger partial charge < -0.3 is 15.5 Å². The largest absolute Gasteiger partial charge is 0.335 e. The molecule has 5 heteroatoms. The highest BCUT2D eigenvalue weighted by Crippen LogP contribution is 2.26. The number of carbonyl (C=O) groups excluding carboxylic acids is 1. The SMILES string of the molecule is O=C(Nc1ccc(Cl)cc1)N[C@@H]1CCCC[C@H]1CN1CCCCC1. The third kappa shape index (κ3) is 5.12. The van der Waals surface area contributed by atoms with Crippen molar-refractivity contribution in [2.75, 3.05) is 25.0 Å². The number of nitrogens with one attached hydrogen (secondary N) is 2. The van der Waals surface area contributed by atoms with E-state index in [0.717, 1.165) is 18.7 Å². The lowest BCUT2D eigenvalue weighted by Crippen LogP contribution is -2.48. The molecule has 4 nitrogen and oxygen atoms in total. The number of halogens is 1. The zero-order valence-electron chi connectivity index (χ0n) is 14.3. The summed E-state index contributed by atoms with van der Waals surface area (Å²) in [6, 6.07) is 7.41. The fourth-order valence-electron chi connectivity index (χ4n) is 3.96. The Kier molecular flexibility index (Phi) is 6.38. The van der Waals surface area contributed by atoms with Gasteiger partial charge in [-0.3, -0.25) is 0 Å². The van der Waals surface area contributed by atoms with Gasteiger partial charge in [0, 0.05) is 23.3 Å². The van der Waals surface area contributed by atoms with Gasteiger partial charge in [-0.05, 0) is 69.0 Å². The number of nitrogens with zero attached hydrogens (tertiary/aromatic N) is 1. The van der Waals surface area contributed by atoms with E-state index >= 15 is 0 Å². The smallest absolute Gasteiger partial charge is 0.319 e. The monoisotopic (exact) mass is 349 g/mol. The maximum absolute atomic E-state index is 12.3. The number of carbonyl (C=O) groups is 1. The molecule has 2 fully saturated rings. The summed E-state index contributed by atoms with van der Waals surface area (Å²) in [7, 11) is 0. The number of anilines is 1. The minimum Gasteiger partial charge on any atom is -0.335 e. The Labute approximate surface area is 149 Å². The average Bonchev–Trinajstić information content (AvgIpc) is 2.60. The molecule has 24 heavy (non-hydrogen) atoms. The molecule has 1 aliphatic heterocycles. The van der Waals surface area contributed by atoms with E-state index in [4.69, 9.17) is 11.6 Å². The van der Waals surface area contributed by atoms with Crippen LogP contribution in [0.2, 0.25) is 5.02 Å². The standard InChI is InChI=1S/C19H28ClN3O/c20-16-8-10-17(11-9-16)21-19(24)22-18-7-3-2-6-15(18)14-23-12-4-1-5-13-23/h8-11,15,18H,1-7,12-14H2,(H2,21,22,24)/t15-,18+/m0/s1. The summed E-state index contributed by atoms with van der Waals surface area (Å²) in [6.45, 7) is 3.58. The first-order valence-electron chi connectivity index (χ1n) is 9.26. The second kappa shape index (κ2) is 8.72. The molecule has 2 N–H and O–H groups in total. The number of urea groups is 1. The van der Waals surface area contributed by atoms with Crippen LogP contribution in [0, 0.1) is 5.92 Å². The first-order valence-corrected chi connectivity index (χ1v) is 9.64. The third-order valence-electron chi connectivity index (χ3n) is 5.27. The number of likely N-dealkylation sites (tertiary alicyclic amines) is 1. The van der Waals surface area contributed by atoms with Crippen molar-refractivity contribution in [3.05, 3.63) is 29.3 Å². The highest BCUT2D eigenvalue weighted by molar-refractivity contribution is 6.30. The van der Waals surface area contributed by atoms with Gasteiger partial charge >= 0.3 is 6.03 Å². The molecular formula is C19H28ClN3O. The highest BCUT2D eigenvalue weighted by atomic mass is 35.5. The molecule has 1 heterocycles. The Balaban J connectivity index is 1.52. The molecule has 132 valence electrons. The maximum atomic E-state index is 12.3. The lowest BCUT2D eigenvalue weighted by molar-refractivity contribution is 0.150. The Morgan fingerprint density at radius 1 is 1.04 bits per heavy atom. The number of hydrogen-bond acceptors (Lipinski definition) is 2. The Morgan fingerprint density at radius 3 is 2.50 bits per heavy atom. The van der Waals surface area contributed by atoms with E-state index in [1.54, 1.807) is 12.1 Å². The molecule has 1 aromatic rings. The van der Waals surface area contributed by atoms with Crippen LogP contribution in [0.3, 0.4) is 0 Å². The number of amides is 2. The van der Waals surface area contributed by atoms with Crippen molar-refractivity contribution in [2.45, 2.75) is 51.0 Å². The predicted molar refractivity (Wildman–Crippen MR) is 99.6 cm³/mol. The molecule has 2 aliphatic rings. The fraction of sp³-hybridized carbons (Fsp3) is 0.632. The molecule has 0 spiro atoms. The van der Waals surface area contributed by atoms with Crippen LogP contribution in [0.4, 0.5) is 10.5 Å². The van der Waals surface area contributed by atoms with E-state index in [1.807, 2.05) is 12.1 Å². The average molecular weight is 350 g/mol. The highest BCUT2D eigenvalue weighted by Gasteiger charge is 2.28. The van der Waals surface area contributed by atoms with E-state index in [9.17, 15) is 4.79 Å². The fourth-order valence-corrected chi connectivity index (χ4v) is 4.08. The summed E-state index contributed by atoms with van der Waals surface area (Å²) in [5.41, 5.74) is 0.778. The predicted octanol–water partition coefficient (Wildman–Crippen LogP) is 4.51. The number of benzene rings is 1. The first kappa shape index (κ1) is 17.6. The number of hydrogen-bond donors (Lipinski definition) is 2. The normalized spacial score (nSPS) is 25.2. The summed E-state index contributed by atoms with van der Waals surface area (Å²) in [5.74, 6) is 0.577. The Morgan fingerprint density at radius 2 is 1.75 bits per heavy atom. The van der Waals surface area contributed by atoms with Gasteiger partial charge in [0.1, 0.15) is 0 Å². The van der Waals surface area contributed by atoms with Crippen molar-refractivity contribution in [3.8, 4) is 0 Å². The zero-order valence-corrected chi connectivity index (χ0v) is 15.0. The van der Waals surface area contributed by atoms with Crippen molar-refractivity contribution in [1.29, 1.82) is 0 Å². The lowest BCUT2D eigenvalue weighted by atomic mass is 9.84. The van der Waals surface area contributed by atoms with Gasteiger partial charge in [0.25, 0.3) is 0 Å². The summed E-state index contributed by atoms with van der Waals surface area (Å²) >= 11 is 5.88. The van der Waals surface area contributed by atoms with Gasteiger partial charge in [-0.2, -0.15) is 0 Å². The van der Waals surface area contributed by atoms with Crippen molar-refractivity contribution in [3.63, 3.8) is 0 Å². The molecule has 0 radical (unpaired) electrons. The topological polar surface area (TPSA) is 44.4 Å². The maximum Gasteiger partial charge on any atom is 0.319 e. The van der Waals surface area contributed by atoms with E-state index in [1.165, 1.54) is 51.6 Å². The van der Waals surface area contributed by atoms with Crippen LogP contribution in [-0.4, -0.2) is 36.6 Å². The van der Waals surface area contributed by atoms with Gasteiger partial charge in [0.05, 0.1) is 0 Å². The molecule has 0 unspecified atom stereocenters. The van der Waals surface area contributed by atoms with Crippen molar-refractivity contribution >= 4 is 23.3 Å². The van der Waals surface area contributed by atoms with Gasteiger partial charge in [-0.1, -0.05) is 30.9 Å². The summed E-state index contributed by atoms with van der Waals surface area (Å²) in [6.07, 6.45) is 8.82. The summed E-state index contributed by atoms with van der Waals surface area (Å²) < 4.78 is 0. The molecular weight excluding hydrogens is 322 g/mol. The van der Waals surface area contributed by atoms with Crippen LogP contribution in [0.1, 0.15) is 44.9 Å². The van der Waals surface area contributed by atoms with Crippen molar-refractivity contribution in [1.82, 2.24) is 10.2 Å². The quantitative estimate of drug-likeness (QED) is 0.840. The Hall–Kier alpha value is -1.26. The second-order valence-corrected chi connectivity index (χ2v) is 7.55. The summed E-state index contributed by atoms with van der Waals surface area (Å²) in [5, 5.41) is 6.81. The van der Waals surface area contributed by atoms with E-state index in [0.29, 0.717) is 10.9 Å². The zero-order chi connectivity index (χ0) is 16.8. The molecule has 1 aliphatic carbocycles. The van der Waals surface area contributed by atoms with Gasteiger partial charge in [0.2, 0.25) is 0 Å². The Bertz CT molecular complexity index is 528. The van der Waals surface area contributed by atoms with Gasteiger partial charge in [0.15, 0.2) is 0 Å². The van der Waals surface area contributed by atoms with Crippen molar-refractivity contribution < 1.29 is 4.79 Å². The minimum absolute atomic E-state index is 0.104. The van der Waals surface area contributed by atoms with E-state index in [-0.39, 0.29) is 12.1 Å².